The molecule has 0 radical (unpaired) electrons. The van der Waals surface area contributed by atoms with E-state index in [1.165, 1.54) is 6.07 Å². The largest absolute Gasteiger partial charge is 0.481 e. The summed E-state index contributed by atoms with van der Waals surface area (Å²) in [5.74, 6) is -1.58. The first-order chi connectivity index (χ1) is 8.61. The normalized spacial score (nSPS) is 29.9. The van der Waals surface area contributed by atoms with Crippen LogP contribution < -0.4 is 4.90 Å². The molecule has 3 rings (SSSR count). The van der Waals surface area contributed by atoms with Gasteiger partial charge in [-0.25, -0.2) is 4.39 Å². The van der Waals surface area contributed by atoms with E-state index in [-0.39, 0.29) is 17.8 Å². The maximum atomic E-state index is 14.0. The molecule has 1 aliphatic carbocycles. The Morgan fingerprint density at radius 3 is 2.94 bits per heavy atom. The number of rotatable bonds is 1. The zero-order valence-corrected chi connectivity index (χ0v) is 10.3. The summed E-state index contributed by atoms with van der Waals surface area (Å²) >= 11 is 0. The SMILES string of the molecule is CN1c2c(F)cccc2C(C(=O)O)C2CCCC21. The van der Waals surface area contributed by atoms with Gasteiger partial charge in [0, 0.05) is 13.1 Å². The lowest BCUT2D eigenvalue weighted by Crippen LogP contribution is -2.44. The third-order valence-electron chi connectivity index (χ3n) is 4.43. The lowest BCUT2D eigenvalue weighted by Gasteiger charge is -2.41. The van der Waals surface area contributed by atoms with Gasteiger partial charge in [-0.05, 0) is 30.4 Å². The van der Waals surface area contributed by atoms with Crippen molar-refractivity contribution in [3.05, 3.63) is 29.6 Å². The fourth-order valence-electron chi connectivity index (χ4n) is 3.71. The van der Waals surface area contributed by atoms with Crippen molar-refractivity contribution in [1.82, 2.24) is 0 Å². The van der Waals surface area contributed by atoms with Crippen LogP contribution >= 0.6 is 0 Å². The number of carboxylic acids is 1. The van der Waals surface area contributed by atoms with Crippen LogP contribution in [0.2, 0.25) is 0 Å². The predicted octanol–water partition coefficient (Wildman–Crippen LogP) is 2.61. The minimum absolute atomic E-state index is 0.113. The molecule has 1 N–H and O–H groups in total. The van der Waals surface area contributed by atoms with Crippen LogP contribution in [0, 0.1) is 11.7 Å². The molecule has 0 aromatic heterocycles. The van der Waals surface area contributed by atoms with Crippen LogP contribution in [0.25, 0.3) is 0 Å². The van der Waals surface area contributed by atoms with E-state index < -0.39 is 11.9 Å². The Morgan fingerprint density at radius 2 is 2.22 bits per heavy atom. The summed E-state index contributed by atoms with van der Waals surface area (Å²) < 4.78 is 14.0. The highest BCUT2D eigenvalue weighted by Gasteiger charge is 2.46. The smallest absolute Gasteiger partial charge is 0.311 e. The van der Waals surface area contributed by atoms with E-state index in [4.69, 9.17) is 0 Å². The van der Waals surface area contributed by atoms with Crippen molar-refractivity contribution in [2.24, 2.45) is 5.92 Å². The van der Waals surface area contributed by atoms with Crippen molar-refractivity contribution in [1.29, 1.82) is 0 Å². The van der Waals surface area contributed by atoms with Gasteiger partial charge in [-0.3, -0.25) is 4.79 Å². The number of carbonyl (C=O) groups is 1. The second-order valence-corrected chi connectivity index (χ2v) is 5.27. The molecule has 0 spiro atoms. The molecular formula is C14H16FNO2. The average molecular weight is 249 g/mol. The highest BCUT2D eigenvalue weighted by molar-refractivity contribution is 5.81. The topological polar surface area (TPSA) is 40.5 Å². The summed E-state index contributed by atoms with van der Waals surface area (Å²) in [6.45, 7) is 0. The van der Waals surface area contributed by atoms with Crippen LogP contribution in [-0.2, 0) is 4.79 Å². The van der Waals surface area contributed by atoms with Crippen molar-refractivity contribution in [3.63, 3.8) is 0 Å². The first kappa shape index (κ1) is 11.5. The van der Waals surface area contributed by atoms with Gasteiger partial charge >= 0.3 is 5.97 Å². The Labute approximate surface area is 105 Å². The number of hydrogen-bond donors (Lipinski definition) is 1. The number of carboxylic acid groups (broad SMARTS) is 1. The summed E-state index contributed by atoms with van der Waals surface area (Å²) in [6.07, 6.45) is 2.90. The number of aliphatic carboxylic acids is 1. The molecule has 1 fully saturated rings. The fraction of sp³-hybridized carbons (Fsp3) is 0.500. The van der Waals surface area contributed by atoms with Gasteiger partial charge in [-0.1, -0.05) is 18.6 Å². The highest BCUT2D eigenvalue weighted by Crippen LogP contribution is 2.48. The van der Waals surface area contributed by atoms with Gasteiger partial charge in [0.1, 0.15) is 5.82 Å². The van der Waals surface area contributed by atoms with Gasteiger partial charge in [0.15, 0.2) is 0 Å². The molecular weight excluding hydrogens is 233 g/mol. The molecule has 18 heavy (non-hydrogen) atoms. The van der Waals surface area contributed by atoms with E-state index in [1.807, 2.05) is 11.9 Å². The van der Waals surface area contributed by atoms with E-state index in [2.05, 4.69) is 0 Å². The van der Waals surface area contributed by atoms with Crippen molar-refractivity contribution in [2.45, 2.75) is 31.2 Å². The molecule has 0 amide bonds. The number of anilines is 1. The molecule has 1 aromatic rings. The van der Waals surface area contributed by atoms with Gasteiger partial charge in [0.25, 0.3) is 0 Å². The van der Waals surface area contributed by atoms with Crippen LogP contribution in [0.4, 0.5) is 10.1 Å². The zero-order valence-electron chi connectivity index (χ0n) is 10.3. The maximum absolute atomic E-state index is 14.0. The third-order valence-corrected chi connectivity index (χ3v) is 4.43. The van der Waals surface area contributed by atoms with E-state index in [0.717, 1.165) is 19.3 Å². The molecule has 2 aliphatic rings. The second-order valence-electron chi connectivity index (χ2n) is 5.27. The number of benzene rings is 1. The summed E-state index contributed by atoms with van der Waals surface area (Å²) in [5, 5.41) is 9.47. The number of nitrogens with zero attached hydrogens (tertiary/aromatic N) is 1. The molecule has 4 heteroatoms. The molecule has 96 valence electrons. The van der Waals surface area contributed by atoms with Crippen LogP contribution in [0.3, 0.4) is 0 Å². The summed E-state index contributed by atoms with van der Waals surface area (Å²) in [4.78, 5) is 13.5. The predicted molar refractivity (Wildman–Crippen MR) is 66.3 cm³/mol. The average Bonchev–Trinajstić information content (AvgIpc) is 2.77. The van der Waals surface area contributed by atoms with Gasteiger partial charge in [0.2, 0.25) is 0 Å². The first-order valence-electron chi connectivity index (χ1n) is 6.35. The minimum atomic E-state index is -0.827. The summed E-state index contributed by atoms with van der Waals surface area (Å²) in [7, 11) is 1.88. The highest BCUT2D eigenvalue weighted by atomic mass is 19.1. The van der Waals surface area contributed by atoms with Crippen LogP contribution in [0.1, 0.15) is 30.7 Å². The Kier molecular flexibility index (Phi) is 2.54. The maximum Gasteiger partial charge on any atom is 0.311 e. The number of fused-ring (bicyclic) bond motifs is 2. The number of para-hydroxylation sites is 1. The molecule has 1 saturated carbocycles. The fourth-order valence-corrected chi connectivity index (χ4v) is 3.71. The van der Waals surface area contributed by atoms with Crippen molar-refractivity contribution < 1.29 is 14.3 Å². The van der Waals surface area contributed by atoms with Crippen LogP contribution in [-0.4, -0.2) is 24.2 Å². The molecule has 0 bridgehead atoms. The van der Waals surface area contributed by atoms with Crippen LogP contribution in [0.15, 0.2) is 18.2 Å². The van der Waals surface area contributed by atoms with Crippen molar-refractivity contribution >= 4 is 11.7 Å². The van der Waals surface area contributed by atoms with E-state index in [0.29, 0.717) is 11.3 Å². The molecule has 1 heterocycles. The summed E-state index contributed by atoms with van der Waals surface area (Å²) in [5.41, 5.74) is 1.11. The molecule has 1 aromatic carbocycles. The Hall–Kier alpha value is -1.58. The molecule has 3 unspecified atom stereocenters. The summed E-state index contributed by atoms with van der Waals surface area (Å²) in [6, 6.07) is 4.93. The molecule has 3 nitrogen and oxygen atoms in total. The first-order valence-corrected chi connectivity index (χ1v) is 6.35. The molecule has 1 aliphatic heterocycles. The molecule has 3 atom stereocenters. The number of hydrogen-bond acceptors (Lipinski definition) is 2. The van der Waals surface area contributed by atoms with Gasteiger partial charge in [-0.15, -0.1) is 0 Å². The van der Waals surface area contributed by atoms with Crippen molar-refractivity contribution in [2.75, 3.05) is 11.9 Å². The number of halogens is 1. The quantitative estimate of drug-likeness (QED) is 0.831. The van der Waals surface area contributed by atoms with Crippen molar-refractivity contribution in [3.8, 4) is 0 Å². The Morgan fingerprint density at radius 1 is 1.44 bits per heavy atom. The Balaban J connectivity index is 2.19. The second kappa shape index (κ2) is 3.97. The Bertz CT molecular complexity index is 503. The van der Waals surface area contributed by atoms with E-state index in [1.54, 1.807) is 12.1 Å². The standard InChI is InChI=1S/C14H16FNO2/c1-16-11-7-3-4-8(11)12(14(17)18)9-5-2-6-10(15)13(9)16/h2,5-6,8,11-12H,3-4,7H2,1H3,(H,17,18). The van der Waals surface area contributed by atoms with Gasteiger partial charge in [0.05, 0.1) is 11.6 Å². The van der Waals surface area contributed by atoms with Gasteiger partial charge in [-0.2, -0.15) is 0 Å². The lowest BCUT2D eigenvalue weighted by atomic mass is 9.78. The zero-order chi connectivity index (χ0) is 12.9. The van der Waals surface area contributed by atoms with Crippen LogP contribution in [0.5, 0.6) is 0 Å². The third kappa shape index (κ3) is 1.44. The van der Waals surface area contributed by atoms with Gasteiger partial charge < -0.3 is 10.0 Å². The monoisotopic (exact) mass is 249 g/mol. The lowest BCUT2D eigenvalue weighted by molar-refractivity contribution is -0.140. The van der Waals surface area contributed by atoms with E-state index >= 15 is 0 Å². The minimum Gasteiger partial charge on any atom is -0.481 e. The van der Waals surface area contributed by atoms with E-state index in [9.17, 15) is 14.3 Å². The molecule has 0 saturated heterocycles.